The Morgan fingerprint density at radius 3 is 2.59 bits per heavy atom. The number of ether oxygens (including phenoxy) is 1. The zero-order valence-corrected chi connectivity index (χ0v) is 19.0. The fourth-order valence-electron chi connectivity index (χ4n) is 2.68. The van der Waals surface area contributed by atoms with E-state index < -0.39 is 0 Å². The molecule has 150 valence electrons. The van der Waals surface area contributed by atoms with Gasteiger partial charge in [-0.05, 0) is 30.5 Å². The van der Waals surface area contributed by atoms with E-state index >= 15 is 0 Å². The van der Waals surface area contributed by atoms with E-state index in [1.807, 2.05) is 12.1 Å². The number of aromatic nitrogens is 1. The van der Waals surface area contributed by atoms with Crippen LogP contribution in [-0.4, -0.2) is 24.8 Å². The highest BCUT2D eigenvalue weighted by atomic mass is 127. The number of hydrogen-bond donors (Lipinski definition) is 2. The smallest absolute Gasteiger partial charge is 0.191 e. The van der Waals surface area contributed by atoms with Crippen LogP contribution >= 0.6 is 24.0 Å². The molecule has 0 atom stereocenters. The molecule has 0 aliphatic heterocycles. The Morgan fingerprint density at radius 2 is 1.93 bits per heavy atom. The monoisotopic (exact) mass is 486 g/mol. The van der Waals surface area contributed by atoms with Gasteiger partial charge in [-0.1, -0.05) is 38.1 Å². The summed E-state index contributed by atoms with van der Waals surface area (Å²) in [6.07, 6.45) is 2.69. The fraction of sp³-hybridized carbons (Fsp3) is 0.500. The molecule has 0 unspecified atom stereocenters. The lowest BCUT2D eigenvalue weighted by Gasteiger charge is -2.13. The molecule has 0 spiro atoms. The van der Waals surface area contributed by atoms with Crippen LogP contribution in [0.25, 0.3) is 0 Å². The molecular formula is C20H31IN4O2. The number of hydrogen-bond acceptors (Lipinski definition) is 4. The Kier molecular flexibility index (Phi) is 10.8. The van der Waals surface area contributed by atoms with E-state index in [1.54, 1.807) is 7.05 Å². The third-order valence-corrected chi connectivity index (χ3v) is 4.09. The molecule has 0 saturated heterocycles. The van der Waals surface area contributed by atoms with Crippen LogP contribution < -0.4 is 15.4 Å². The molecule has 1 heterocycles. The van der Waals surface area contributed by atoms with Crippen LogP contribution in [0.3, 0.4) is 0 Å². The van der Waals surface area contributed by atoms with Gasteiger partial charge in [0.2, 0.25) is 0 Å². The quantitative estimate of drug-likeness (QED) is 0.318. The highest BCUT2D eigenvalue weighted by Gasteiger charge is 2.13. The maximum atomic E-state index is 5.69. The van der Waals surface area contributed by atoms with Crippen molar-refractivity contribution < 1.29 is 9.26 Å². The van der Waals surface area contributed by atoms with Crippen LogP contribution in [0.2, 0.25) is 0 Å². The van der Waals surface area contributed by atoms with Crippen molar-refractivity contribution in [3.63, 3.8) is 0 Å². The van der Waals surface area contributed by atoms with Crippen LogP contribution in [0.4, 0.5) is 0 Å². The Bertz CT molecular complexity index is 694. The molecule has 0 saturated carbocycles. The topological polar surface area (TPSA) is 71.7 Å². The molecular weight excluding hydrogens is 455 g/mol. The van der Waals surface area contributed by atoms with Crippen molar-refractivity contribution in [2.75, 3.05) is 13.7 Å². The number of guanidine groups is 1. The number of nitrogens with zero attached hydrogens (tertiary/aromatic N) is 2. The van der Waals surface area contributed by atoms with Crippen molar-refractivity contribution in [2.45, 2.75) is 53.1 Å². The third kappa shape index (κ3) is 7.04. The van der Waals surface area contributed by atoms with Crippen molar-refractivity contribution in [3.8, 4) is 5.75 Å². The first kappa shape index (κ1) is 23.3. The number of aryl methyl sites for hydroxylation is 2. The third-order valence-electron chi connectivity index (χ3n) is 4.09. The molecule has 6 nitrogen and oxygen atoms in total. The summed E-state index contributed by atoms with van der Waals surface area (Å²) in [4.78, 5) is 4.30. The predicted molar refractivity (Wildman–Crippen MR) is 120 cm³/mol. The Labute approximate surface area is 179 Å². The van der Waals surface area contributed by atoms with E-state index in [0.717, 1.165) is 60.2 Å². The largest absolute Gasteiger partial charge is 0.494 e. The molecule has 1 aromatic heterocycles. The average molecular weight is 486 g/mol. The van der Waals surface area contributed by atoms with Gasteiger partial charge in [-0.15, -0.1) is 24.0 Å². The maximum absolute atomic E-state index is 5.69. The minimum atomic E-state index is 0. The Morgan fingerprint density at radius 1 is 1.15 bits per heavy atom. The summed E-state index contributed by atoms with van der Waals surface area (Å²) < 4.78 is 11.1. The summed E-state index contributed by atoms with van der Waals surface area (Å²) >= 11 is 0. The molecule has 27 heavy (non-hydrogen) atoms. The molecule has 0 fully saturated rings. The zero-order chi connectivity index (χ0) is 18.8. The average Bonchev–Trinajstić information content (AvgIpc) is 3.08. The van der Waals surface area contributed by atoms with Gasteiger partial charge in [0.1, 0.15) is 11.5 Å². The van der Waals surface area contributed by atoms with E-state index in [9.17, 15) is 0 Å². The van der Waals surface area contributed by atoms with Crippen molar-refractivity contribution in [1.29, 1.82) is 0 Å². The van der Waals surface area contributed by atoms with E-state index in [4.69, 9.17) is 9.26 Å². The van der Waals surface area contributed by atoms with Crippen molar-refractivity contribution in [2.24, 2.45) is 4.99 Å². The highest BCUT2D eigenvalue weighted by molar-refractivity contribution is 14.0. The summed E-state index contributed by atoms with van der Waals surface area (Å²) in [6, 6.07) is 8.12. The minimum absolute atomic E-state index is 0. The standard InChI is InChI=1S/C20H30N4O2.HI/c1-5-11-25-16-10-8-9-15(12-16)13-22-20(21-4)23-14-17-18(6-2)24-26-19(17)7-3;/h8-10,12H,5-7,11,13-14H2,1-4H3,(H2,21,22,23);1H. The maximum Gasteiger partial charge on any atom is 0.191 e. The molecule has 1 aromatic carbocycles. The SMILES string of the molecule is CCCOc1cccc(CNC(=NC)NCc2c(CC)noc2CC)c1.I. The molecule has 2 N–H and O–H groups in total. The van der Waals surface area contributed by atoms with Crippen molar-refractivity contribution in [3.05, 3.63) is 46.8 Å². The van der Waals surface area contributed by atoms with E-state index in [1.165, 1.54) is 0 Å². The van der Waals surface area contributed by atoms with Gasteiger partial charge in [0.05, 0.1) is 12.3 Å². The number of aliphatic imine (C=N–C) groups is 1. The van der Waals surface area contributed by atoms with Gasteiger partial charge < -0.3 is 19.9 Å². The van der Waals surface area contributed by atoms with Crippen LogP contribution in [0, 0.1) is 0 Å². The predicted octanol–water partition coefficient (Wildman–Crippen LogP) is 4.07. The molecule has 2 rings (SSSR count). The molecule has 7 heteroatoms. The number of nitrogens with one attached hydrogen (secondary N) is 2. The van der Waals surface area contributed by atoms with Gasteiger partial charge in [0.15, 0.2) is 5.96 Å². The van der Waals surface area contributed by atoms with Crippen molar-refractivity contribution in [1.82, 2.24) is 15.8 Å². The Hall–Kier alpha value is -1.77. The van der Waals surface area contributed by atoms with E-state index in [-0.39, 0.29) is 24.0 Å². The van der Waals surface area contributed by atoms with Gasteiger partial charge in [0.25, 0.3) is 0 Å². The summed E-state index contributed by atoms with van der Waals surface area (Å²) in [7, 11) is 1.77. The first-order chi connectivity index (χ1) is 12.7. The van der Waals surface area contributed by atoms with Gasteiger partial charge in [0, 0.05) is 32.1 Å². The second-order valence-corrected chi connectivity index (χ2v) is 6.01. The number of benzene rings is 1. The normalized spacial score (nSPS) is 11.0. The fourth-order valence-corrected chi connectivity index (χ4v) is 2.68. The van der Waals surface area contributed by atoms with Gasteiger partial charge in [-0.3, -0.25) is 4.99 Å². The lowest BCUT2D eigenvalue weighted by molar-refractivity contribution is 0.317. The van der Waals surface area contributed by atoms with Crippen molar-refractivity contribution >= 4 is 29.9 Å². The molecule has 0 aliphatic rings. The van der Waals surface area contributed by atoms with Crippen LogP contribution in [0.1, 0.15) is 49.8 Å². The molecule has 0 bridgehead atoms. The molecule has 0 radical (unpaired) electrons. The number of rotatable bonds is 9. The summed E-state index contributed by atoms with van der Waals surface area (Å²) in [5, 5.41) is 10.8. The molecule has 0 amide bonds. The van der Waals surface area contributed by atoms with Gasteiger partial charge >= 0.3 is 0 Å². The summed E-state index contributed by atoms with van der Waals surface area (Å²) in [5.74, 6) is 2.58. The van der Waals surface area contributed by atoms with Gasteiger partial charge in [-0.25, -0.2) is 0 Å². The van der Waals surface area contributed by atoms with Gasteiger partial charge in [-0.2, -0.15) is 0 Å². The summed E-state index contributed by atoms with van der Waals surface area (Å²) in [6.45, 7) is 8.32. The summed E-state index contributed by atoms with van der Waals surface area (Å²) in [5.41, 5.74) is 3.29. The minimum Gasteiger partial charge on any atom is -0.494 e. The second kappa shape index (κ2) is 12.6. The second-order valence-electron chi connectivity index (χ2n) is 6.01. The Balaban J connectivity index is 0.00000364. The molecule has 0 aliphatic carbocycles. The van der Waals surface area contributed by atoms with Crippen LogP contribution in [0.15, 0.2) is 33.8 Å². The number of halogens is 1. The first-order valence-corrected chi connectivity index (χ1v) is 9.34. The lowest BCUT2D eigenvalue weighted by atomic mass is 10.1. The zero-order valence-electron chi connectivity index (χ0n) is 16.7. The highest BCUT2D eigenvalue weighted by Crippen LogP contribution is 2.16. The molecule has 2 aromatic rings. The van der Waals surface area contributed by atoms with Crippen LogP contribution in [0.5, 0.6) is 5.75 Å². The first-order valence-electron chi connectivity index (χ1n) is 9.34. The van der Waals surface area contributed by atoms with Crippen LogP contribution in [-0.2, 0) is 25.9 Å². The lowest BCUT2D eigenvalue weighted by Crippen LogP contribution is -2.36. The van der Waals surface area contributed by atoms with E-state index in [0.29, 0.717) is 13.1 Å². The van der Waals surface area contributed by atoms with E-state index in [2.05, 4.69) is 53.7 Å².